The van der Waals surface area contributed by atoms with Crippen molar-refractivity contribution < 1.29 is 28.5 Å². The number of esters is 2. The number of halogens is 1. The summed E-state index contributed by atoms with van der Waals surface area (Å²) >= 11 is 3.68. The van der Waals surface area contributed by atoms with Crippen molar-refractivity contribution in [2.45, 2.75) is 64.8 Å². The molecule has 0 aromatic heterocycles. The summed E-state index contributed by atoms with van der Waals surface area (Å²) in [4.78, 5) is 22.9. The third-order valence-corrected chi connectivity index (χ3v) is 6.47. The smallest absolute Gasteiger partial charge is 0.302 e. The molecule has 0 saturated carbocycles. The Hall–Kier alpha value is -2.38. The molecule has 1 heterocycles. The number of aryl methyl sites for hydroxylation is 1. The van der Waals surface area contributed by atoms with Gasteiger partial charge >= 0.3 is 11.9 Å². The predicted octanol–water partition coefficient (Wildman–Crippen LogP) is 5.33. The van der Waals surface area contributed by atoms with Crippen LogP contribution in [0.4, 0.5) is 0 Å². The molecule has 3 rings (SSSR count). The Balaban J connectivity index is 1.89. The minimum absolute atomic E-state index is 0.110. The molecular weight excluding hydrogens is 488 g/mol. The lowest BCUT2D eigenvalue weighted by Crippen LogP contribution is -2.37. The van der Waals surface area contributed by atoms with E-state index < -0.39 is 0 Å². The van der Waals surface area contributed by atoms with Gasteiger partial charge in [0.25, 0.3) is 0 Å². The number of hydrogen-bond donors (Lipinski definition) is 0. The van der Waals surface area contributed by atoms with E-state index in [-0.39, 0.29) is 36.9 Å². The minimum Gasteiger partial charge on any atom is -0.496 e. The molecule has 178 valence electrons. The Morgan fingerprint density at radius 1 is 1.06 bits per heavy atom. The molecule has 0 aliphatic carbocycles. The molecule has 1 aliphatic rings. The van der Waals surface area contributed by atoms with Gasteiger partial charge in [-0.2, -0.15) is 0 Å². The van der Waals surface area contributed by atoms with Crippen molar-refractivity contribution in [3.05, 3.63) is 63.1 Å². The number of ether oxygens (including phenoxy) is 4. The van der Waals surface area contributed by atoms with Crippen LogP contribution in [-0.2, 0) is 36.6 Å². The van der Waals surface area contributed by atoms with E-state index in [0.29, 0.717) is 18.6 Å². The maximum Gasteiger partial charge on any atom is 0.302 e. The third-order valence-electron chi connectivity index (χ3n) is 5.74. The lowest BCUT2D eigenvalue weighted by atomic mass is 9.93. The number of rotatable bonds is 8. The van der Waals surface area contributed by atoms with Crippen molar-refractivity contribution >= 4 is 27.9 Å². The zero-order valence-electron chi connectivity index (χ0n) is 19.6. The summed E-state index contributed by atoms with van der Waals surface area (Å²) in [5, 5.41) is 0. The Morgan fingerprint density at radius 3 is 2.36 bits per heavy atom. The average Bonchev–Trinajstić information content (AvgIpc) is 2.78. The van der Waals surface area contributed by atoms with E-state index in [1.54, 1.807) is 7.11 Å². The van der Waals surface area contributed by atoms with Gasteiger partial charge in [0.1, 0.15) is 18.5 Å². The molecule has 3 atom stereocenters. The number of methoxy groups -OCH3 is 1. The molecule has 1 aliphatic heterocycles. The highest BCUT2D eigenvalue weighted by Crippen LogP contribution is 2.40. The maximum atomic E-state index is 11.6. The van der Waals surface area contributed by atoms with Crippen LogP contribution in [0.15, 0.2) is 40.9 Å². The predicted molar refractivity (Wildman–Crippen MR) is 128 cm³/mol. The number of benzene rings is 2. The summed E-state index contributed by atoms with van der Waals surface area (Å²) in [6.45, 7) is 5.01. The quantitative estimate of drug-likeness (QED) is 0.440. The van der Waals surface area contributed by atoms with Gasteiger partial charge in [0.2, 0.25) is 0 Å². The molecule has 0 radical (unpaired) electrons. The van der Waals surface area contributed by atoms with E-state index in [0.717, 1.165) is 28.4 Å². The van der Waals surface area contributed by atoms with Crippen LogP contribution in [0.5, 0.6) is 5.75 Å². The first-order valence-electron chi connectivity index (χ1n) is 11.2. The molecule has 3 unspecified atom stereocenters. The van der Waals surface area contributed by atoms with E-state index in [2.05, 4.69) is 53.2 Å². The first-order valence-corrected chi connectivity index (χ1v) is 12.0. The Morgan fingerprint density at radius 2 is 1.76 bits per heavy atom. The van der Waals surface area contributed by atoms with Crippen molar-refractivity contribution in [3.8, 4) is 5.75 Å². The van der Waals surface area contributed by atoms with Gasteiger partial charge in [-0.3, -0.25) is 9.59 Å². The van der Waals surface area contributed by atoms with Gasteiger partial charge in [0, 0.05) is 36.7 Å². The molecule has 33 heavy (non-hydrogen) atoms. The highest BCUT2D eigenvalue weighted by atomic mass is 79.9. The molecule has 0 N–H and O–H groups in total. The van der Waals surface area contributed by atoms with Crippen LogP contribution in [0.25, 0.3) is 0 Å². The maximum absolute atomic E-state index is 11.6. The number of carbonyl (C=O) groups is 2. The van der Waals surface area contributed by atoms with Crippen LogP contribution in [0, 0.1) is 0 Å². The zero-order chi connectivity index (χ0) is 24.0. The van der Waals surface area contributed by atoms with Crippen molar-refractivity contribution in [1.82, 2.24) is 0 Å². The fourth-order valence-electron chi connectivity index (χ4n) is 4.12. The molecule has 7 heteroatoms. The second kappa shape index (κ2) is 11.7. The van der Waals surface area contributed by atoms with Gasteiger partial charge in [-0.15, -0.1) is 0 Å². The molecule has 0 bridgehead atoms. The van der Waals surface area contributed by atoms with Crippen LogP contribution >= 0.6 is 15.9 Å². The normalized spacial score (nSPS) is 20.2. The monoisotopic (exact) mass is 518 g/mol. The summed E-state index contributed by atoms with van der Waals surface area (Å²) in [6, 6.07) is 12.6. The van der Waals surface area contributed by atoms with E-state index in [9.17, 15) is 9.59 Å². The Labute approximate surface area is 203 Å². The molecule has 1 fully saturated rings. The average molecular weight is 519 g/mol. The Bertz CT molecular complexity index is 971. The van der Waals surface area contributed by atoms with Gasteiger partial charge < -0.3 is 18.9 Å². The summed E-state index contributed by atoms with van der Waals surface area (Å²) in [5.74, 6) is -0.0279. The Kier molecular flexibility index (Phi) is 8.92. The van der Waals surface area contributed by atoms with Crippen LogP contribution < -0.4 is 4.74 Å². The molecule has 2 aromatic carbocycles. The summed E-state index contributed by atoms with van der Waals surface area (Å²) < 4.78 is 23.6. The number of hydrogen-bond acceptors (Lipinski definition) is 6. The van der Waals surface area contributed by atoms with Crippen LogP contribution in [-0.4, -0.2) is 37.9 Å². The SMILES string of the molecule is CCc1ccc(Cc2cc(C3CC(OC(C)=O)CC(COC(C)=O)O3)c(OC)cc2Br)cc1. The lowest BCUT2D eigenvalue weighted by molar-refractivity contribution is -0.169. The summed E-state index contributed by atoms with van der Waals surface area (Å²) in [6.07, 6.45) is 1.65. The minimum atomic E-state index is -0.379. The molecule has 2 aromatic rings. The molecular formula is C26H31BrO6. The van der Waals surface area contributed by atoms with Crippen molar-refractivity contribution in [2.24, 2.45) is 0 Å². The fourth-order valence-corrected chi connectivity index (χ4v) is 4.58. The summed E-state index contributed by atoms with van der Waals surface area (Å²) in [7, 11) is 1.62. The van der Waals surface area contributed by atoms with Gasteiger partial charge in [-0.1, -0.05) is 47.1 Å². The van der Waals surface area contributed by atoms with Gasteiger partial charge in [-0.05, 0) is 41.7 Å². The van der Waals surface area contributed by atoms with E-state index in [1.165, 1.54) is 25.0 Å². The van der Waals surface area contributed by atoms with E-state index in [4.69, 9.17) is 18.9 Å². The summed E-state index contributed by atoms with van der Waals surface area (Å²) in [5.41, 5.74) is 4.49. The fraction of sp³-hybridized carbons (Fsp3) is 0.462. The molecule has 1 saturated heterocycles. The molecule has 6 nitrogen and oxygen atoms in total. The van der Waals surface area contributed by atoms with E-state index >= 15 is 0 Å². The topological polar surface area (TPSA) is 71.1 Å². The first-order chi connectivity index (χ1) is 15.8. The van der Waals surface area contributed by atoms with Crippen molar-refractivity contribution in [3.63, 3.8) is 0 Å². The third kappa shape index (κ3) is 7.05. The molecule has 0 amide bonds. The van der Waals surface area contributed by atoms with Crippen molar-refractivity contribution in [2.75, 3.05) is 13.7 Å². The second-order valence-corrected chi connectivity index (χ2v) is 9.14. The van der Waals surface area contributed by atoms with Gasteiger partial charge in [0.15, 0.2) is 0 Å². The largest absolute Gasteiger partial charge is 0.496 e. The first kappa shape index (κ1) is 25.2. The molecule has 0 spiro atoms. The zero-order valence-corrected chi connectivity index (χ0v) is 21.1. The highest BCUT2D eigenvalue weighted by Gasteiger charge is 2.34. The number of carbonyl (C=O) groups excluding carboxylic acids is 2. The van der Waals surface area contributed by atoms with E-state index in [1.807, 2.05) is 6.07 Å². The van der Waals surface area contributed by atoms with Gasteiger partial charge in [-0.25, -0.2) is 0 Å². The van der Waals surface area contributed by atoms with Gasteiger partial charge in [0.05, 0.1) is 19.3 Å². The van der Waals surface area contributed by atoms with Crippen LogP contribution in [0.2, 0.25) is 0 Å². The standard InChI is InChI=1S/C26H31BrO6/c1-5-18-6-8-19(9-7-18)10-20-11-23(25(30-4)14-24(20)27)26-13-21(32-17(3)29)12-22(33-26)15-31-16(2)28/h6-9,11,14,21-22,26H,5,10,12-13,15H2,1-4H3. The van der Waals surface area contributed by atoms with Crippen molar-refractivity contribution in [1.29, 1.82) is 0 Å². The van der Waals surface area contributed by atoms with Crippen LogP contribution in [0.1, 0.15) is 62.0 Å². The highest BCUT2D eigenvalue weighted by molar-refractivity contribution is 9.10. The van der Waals surface area contributed by atoms with Crippen LogP contribution in [0.3, 0.4) is 0 Å². The second-order valence-electron chi connectivity index (χ2n) is 8.28. The lowest BCUT2D eigenvalue weighted by Gasteiger charge is -2.35.